The molecule has 2 aromatic carbocycles. The predicted molar refractivity (Wildman–Crippen MR) is 94.3 cm³/mol. The van der Waals surface area contributed by atoms with Crippen LogP contribution in [0.2, 0.25) is 0 Å². The monoisotopic (exact) mass is 303 g/mol. The summed E-state index contributed by atoms with van der Waals surface area (Å²) < 4.78 is 0. The van der Waals surface area contributed by atoms with Gasteiger partial charge in [0.05, 0.1) is 6.54 Å². The molecule has 0 fully saturated rings. The first kappa shape index (κ1) is 14.9. The van der Waals surface area contributed by atoms with Crippen molar-refractivity contribution in [2.45, 2.75) is 6.54 Å². The van der Waals surface area contributed by atoms with E-state index in [1.165, 1.54) is 0 Å². The van der Waals surface area contributed by atoms with Crippen molar-refractivity contribution < 1.29 is 0 Å². The first-order chi connectivity index (χ1) is 11.3. The molecule has 0 saturated carbocycles. The fourth-order valence-corrected chi connectivity index (χ4v) is 2.34. The second-order valence-corrected chi connectivity index (χ2v) is 5.14. The van der Waals surface area contributed by atoms with E-state index in [1.807, 2.05) is 48.5 Å². The highest BCUT2D eigenvalue weighted by Gasteiger charge is 2.02. The molecule has 0 atom stereocenters. The summed E-state index contributed by atoms with van der Waals surface area (Å²) in [5, 5.41) is 3.85. The van der Waals surface area contributed by atoms with Crippen molar-refractivity contribution in [1.29, 1.82) is 0 Å². The molecule has 4 heteroatoms. The Hall–Kier alpha value is -3.03. The Kier molecular flexibility index (Phi) is 4.41. The van der Waals surface area contributed by atoms with Crippen LogP contribution in [0.15, 0.2) is 59.4 Å². The number of rotatable bonds is 3. The number of hydrogen-bond donors (Lipinski definition) is 3. The molecule has 0 aliphatic carbocycles. The van der Waals surface area contributed by atoms with Crippen molar-refractivity contribution in [3.63, 3.8) is 0 Å². The Labute approximate surface area is 134 Å². The minimum absolute atomic E-state index is 0.0294. The van der Waals surface area contributed by atoms with Gasteiger partial charge in [0.1, 0.15) is 0 Å². The molecule has 4 N–H and O–H groups in total. The van der Waals surface area contributed by atoms with Crippen LogP contribution in [-0.2, 0) is 6.54 Å². The van der Waals surface area contributed by atoms with E-state index in [2.05, 4.69) is 22.1 Å². The lowest BCUT2D eigenvalue weighted by Gasteiger charge is -2.06. The molecule has 3 rings (SSSR count). The van der Waals surface area contributed by atoms with Gasteiger partial charge in [-0.2, -0.15) is 0 Å². The lowest BCUT2D eigenvalue weighted by Crippen LogP contribution is -2.09. The maximum atomic E-state index is 12.1. The van der Waals surface area contributed by atoms with Gasteiger partial charge in [-0.15, -0.1) is 0 Å². The summed E-state index contributed by atoms with van der Waals surface area (Å²) in [5.41, 5.74) is 8.92. The van der Waals surface area contributed by atoms with Crippen LogP contribution in [0.1, 0.15) is 11.3 Å². The SMILES string of the molecule is NCc1cc(=O)c2cc(NCC#Cc3ccccc3)ccc2[nH]1. The van der Waals surface area contributed by atoms with Gasteiger partial charge in [-0.3, -0.25) is 4.79 Å². The van der Waals surface area contributed by atoms with Gasteiger partial charge in [0, 0.05) is 40.5 Å². The highest BCUT2D eigenvalue weighted by molar-refractivity contribution is 5.82. The summed E-state index contributed by atoms with van der Waals surface area (Å²) in [6, 6.07) is 17.0. The van der Waals surface area contributed by atoms with Crippen molar-refractivity contribution in [1.82, 2.24) is 4.98 Å². The number of benzene rings is 2. The number of nitrogens with two attached hydrogens (primary N) is 1. The summed E-state index contributed by atoms with van der Waals surface area (Å²) in [5.74, 6) is 6.15. The zero-order valence-electron chi connectivity index (χ0n) is 12.6. The van der Waals surface area contributed by atoms with Crippen LogP contribution in [0, 0.1) is 11.8 Å². The normalized spacial score (nSPS) is 10.1. The van der Waals surface area contributed by atoms with Gasteiger partial charge in [-0.05, 0) is 30.3 Å². The first-order valence-corrected chi connectivity index (χ1v) is 7.40. The molecule has 0 aliphatic rings. The summed E-state index contributed by atoms with van der Waals surface area (Å²) in [7, 11) is 0. The van der Waals surface area contributed by atoms with Crippen LogP contribution in [0.4, 0.5) is 5.69 Å². The zero-order valence-corrected chi connectivity index (χ0v) is 12.6. The molecule has 1 heterocycles. The van der Waals surface area contributed by atoms with Gasteiger partial charge in [0.15, 0.2) is 5.43 Å². The average molecular weight is 303 g/mol. The maximum Gasteiger partial charge on any atom is 0.189 e. The molecule has 0 unspecified atom stereocenters. The molecule has 4 nitrogen and oxygen atoms in total. The van der Waals surface area contributed by atoms with Gasteiger partial charge in [-0.1, -0.05) is 30.0 Å². The van der Waals surface area contributed by atoms with Crippen molar-refractivity contribution in [2.24, 2.45) is 5.73 Å². The van der Waals surface area contributed by atoms with Crippen LogP contribution in [0.3, 0.4) is 0 Å². The van der Waals surface area contributed by atoms with Gasteiger partial charge < -0.3 is 16.0 Å². The third-order valence-electron chi connectivity index (χ3n) is 3.49. The number of H-pyrrole nitrogens is 1. The lowest BCUT2D eigenvalue weighted by molar-refractivity contribution is 1.00. The largest absolute Gasteiger partial charge is 0.374 e. The fraction of sp³-hybridized carbons (Fsp3) is 0.105. The van der Waals surface area contributed by atoms with Crippen LogP contribution >= 0.6 is 0 Å². The highest BCUT2D eigenvalue weighted by atomic mass is 16.1. The molecular weight excluding hydrogens is 286 g/mol. The molecule has 0 radical (unpaired) electrons. The standard InChI is InChI=1S/C19H17N3O/c20-13-16-12-19(23)17-11-15(8-9-18(17)22-16)21-10-4-7-14-5-2-1-3-6-14/h1-3,5-6,8-9,11-12,21H,10,13,20H2,(H,22,23). The van der Waals surface area contributed by atoms with Crippen LogP contribution in [0.25, 0.3) is 10.9 Å². The molecule has 0 spiro atoms. The Bertz CT molecular complexity index is 933. The number of anilines is 1. The fourth-order valence-electron chi connectivity index (χ4n) is 2.34. The van der Waals surface area contributed by atoms with Gasteiger partial charge in [-0.25, -0.2) is 0 Å². The molecule has 3 aromatic rings. The summed E-state index contributed by atoms with van der Waals surface area (Å²) in [4.78, 5) is 15.2. The molecular formula is C19H17N3O. The third kappa shape index (κ3) is 3.60. The third-order valence-corrected chi connectivity index (χ3v) is 3.49. The lowest BCUT2D eigenvalue weighted by atomic mass is 10.1. The Balaban J connectivity index is 1.75. The van der Waals surface area contributed by atoms with Crippen molar-refractivity contribution in [3.05, 3.63) is 76.1 Å². The second kappa shape index (κ2) is 6.82. The highest BCUT2D eigenvalue weighted by Crippen LogP contribution is 2.15. The minimum atomic E-state index is -0.0294. The van der Waals surface area contributed by atoms with E-state index < -0.39 is 0 Å². The maximum absolute atomic E-state index is 12.1. The predicted octanol–water partition coefficient (Wildman–Crippen LogP) is 2.45. The second-order valence-electron chi connectivity index (χ2n) is 5.14. The molecule has 1 aromatic heterocycles. The number of aromatic nitrogens is 1. The Morgan fingerprint density at radius 1 is 1.09 bits per heavy atom. The number of fused-ring (bicyclic) bond motifs is 1. The van der Waals surface area contributed by atoms with Crippen LogP contribution in [-0.4, -0.2) is 11.5 Å². The van der Waals surface area contributed by atoms with E-state index >= 15 is 0 Å². The Morgan fingerprint density at radius 3 is 2.70 bits per heavy atom. The van der Waals surface area contributed by atoms with E-state index in [1.54, 1.807) is 6.07 Å². The first-order valence-electron chi connectivity index (χ1n) is 7.40. The number of hydrogen-bond acceptors (Lipinski definition) is 3. The van der Waals surface area contributed by atoms with E-state index in [0.29, 0.717) is 18.5 Å². The quantitative estimate of drug-likeness (QED) is 0.651. The molecule has 114 valence electrons. The Morgan fingerprint density at radius 2 is 1.91 bits per heavy atom. The molecule has 0 saturated heterocycles. The van der Waals surface area contributed by atoms with Crippen molar-refractivity contribution >= 4 is 16.6 Å². The number of aromatic amines is 1. The van der Waals surface area contributed by atoms with Crippen LogP contribution in [0.5, 0.6) is 0 Å². The van der Waals surface area contributed by atoms with Crippen LogP contribution < -0.4 is 16.5 Å². The summed E-state index contributed by atoms with van der Waals surface area (Å²) in [6.45, 7) is 0.833. The molecule has 23 heavy (non-hydrogen) atoms. The summed E-state index contributed by atoms with van der Waals surface area (Å²) >= 11 is 0. The number of pyridine rings is 1. The van der Waals surface area contributed by atoms with Crippen molar-refractivity contribution in [2.75, 3.05) is 11.9 Å². The molecule has 0 bridgehead atoms. The molecule has 0 amide bonds. The summed E-state index contributed by atoms with van der Waals surface area (Å²) in [6.07, 6.45) is 0. The average Bonchev–Trinajstić information content (AvgIpc) is 2.60. The van der Waals surface area contributed by atoms with E-state index in [-0.39, 0.29) is 5.43 Å². The molecule has 0 aliphatic heterocycles. The van der Waals surface area contributed by atoms with Gasteiger partial charge in [0.25, 0.3) is 0 Å². The van der Waals surface area contributed by atoms with Gasteiger partial charge >= 0.3 is 0 Å². The van der Waals surface area contributed by atoms with Gasteiger partial charge in [0.2, 0.25) is 0 Å². The van der Waals surface area contributed by atoms with Crippen molar-refractivity contribution in [3.8, 4) is 11.8 Å². The number of nitrogens with one attached hydrogen (secondary N) is 2. The zero-order chi connectivity index (χ0) is 16.1. The van der Waals surface area contributed by atoms with E-state index in [9.17, 15) is 4.79 Å². The smallest absolute Gasteiger partial charge is 0.189 e. The van der Waals surface area contributed by atoms with E-state index in [4.69, 9.17) is 5.73 Å². The topological polar surface area (TPSA) is 70.9 Å². The van der Waals surface area contributed by atoms with E-state index in [0.717, 1.165) is 22.5 Å². The minimum Gasteiger partial charge on any atom is -0.374 e.